The molecule has 0 spiro atoms. The van der Waals surface area contributed by atoms with Gasteiger partial charge in [0.1, 0.15) is 0 Å². The van der Waals surface area contributed by atoms with E-state index in [0.717, 1.165) is 0 Å². The molecule has 14 heavy (non-hydrogen) atoms. The SMILES string of the molecule is CC(CCl)C(=O)NCC(C)(C)CCO. The van der Waals surface area contributed by atoms with Crippen LogP contribution < -0.4 is 5.32 Å². The first-order chi connectivity index (χ1) is 6.43. The van der Waals surface area contributed by atoms with E-state index < -0.39 is 0 Å². The Kier molecular flexibility index (Phi) is 6.12. The van der Waals surface area contributed by atoms with Crippen molar-refractivity contribution in [2.75, 3.05) is 19.0 Å². The summed E-state index contributed by atoms with van der Waals surface area (Å²) in [4.78, 5) is 11.4. The van der Waals surface area contributed by atoms with E-state index in [9.17, 15) is 4.79 Å². The van der Waals surface area contributed by atoms with Gasteiger partial charge >= 0.3 is 0 Å². The Morgan fingerprint density at radius 3 is 2.57 bits per heavy atom. The average molecular weight is 222 g/mol. The number of nitrogens with one attached hydrogen (secondary N) is 1. The molecule has 0 saturated carbocycles. The van der Waals surface area contributed by atoms with Gasteiger partial charge in [0.15, 0.2) is 0 Å². The first-order valence-corrected chi connectivity index (χ1v) is 5.41. The zero-order chi connectivity index (χ0) is 11.2. The number of rotatable bonds is 6. The van der Waals surface area contributed by atoms with E-state index in [4.69, 9.17) is 16.7 Å². The molecule has 84 valence electrons. The van der Waals surface area contributed by atoms with E-state index in [1.165, 1.54) is 0 Å². The molecule has 1 unspecified atom stereocenters. The second kappa shape index (κ2) is 6.25. The number of carbonyl (C=O) groups is 1. The molecular weight excluding hydrogens is 202 g/mol. The Labute approximate surface area is 90.8 Å². The van der Waals surface area contributed by atoms with Crippen molar-refractivity contribution in [1.82, 2.24) is 5.32 Å². The summed E-state index contributed by atoms with van der Waals surface area (Å²) in [6.45, 7) is 6.53. The minimum atomic E-state index is -0.151. The maximum absolute atomic E-state index is 11.4. The van der Waals surface area contributed by atoms with Crippen LogP contribution in [0.2, 0.25) is 0 Å². The smallest absolute Gasteiger partial charge is 0.224 e. The fourth-order valence-corrected chi connectivity index (χ4v) is 1.10. The summed E-state index contributed by atoms with van der Waals surface area (Å²) in [5, 5.41) is 11.6. The number of amides is 1. The molecule has 0 aliphatic carbocycles. The van der Waals surface area contributed by atoms with Gasteiger partial charge in [0.2, 0.25) is 5.91 Å². The Bertz CT molecular complexity index is 183. The van der Waals surface area contributed by atoms with E-state index >= 15 is 0 Å². The number of hydrogen-bond acceptors (Lipinski definition) is 2. The van der Waals surface area contributed by atoms with Crippen molar-refractivity contribution in [1.29, 1.82) is 0 Å². The molecule has 0 bridgehead atoms. The van der Waals surface area contributed by atoms with Crippen molar-refractivity contribution >= 4 is 17.5 Å². The molecule has 2 N–H and O–H groups in total. The van der Waals surface area contributed by atoms with Crippen LogP contribution in [0.4, 0.5) is 0 Å². The molecule has 0 aromatic heterocycles. The summed E-state index contributed by atoms with van der Waals surface area (Å²) in [6.07, 6.45) is 0.683. The summed E-state index contributed by atoms with van der Waals surface area (Å²) in [6, 6.07) is 0. The number of halogens is 1. The summed E-state index contributed by atoms with van der Waals surface area (Å²) in [7, 11) is 0. The van der Waals surface area contributed by atoms with E-state index in [1.54, 1.807) is 6.92 Å². The zero-order valence-electron chi connectivity index (χ0n) is 9.14. The molecule has 0 rings (SSSR count). The quantitative estimate of drug-likeness (QED) is 0.666. The van der Waals surface area contributed by atoms with E-state index in [1.807, 2.05) is 13.8 Å². The lowest BCUT2D eigenvalue weighted by molar-refractivity contribution is -0.124. The van der Waals surface area contributed by atoms with Crippen LogP contribution in [-0.4, -0.2) is 30.0 Å². The molecule has 0 aromatic rings. The fourth-order valence-electron chi connectivity index (χ4n) is 0.962. The van der Waals surface area contributed by atoms with Gasteiger partial charge in [-0.15, -0.1) is 11.6 Å². The van der Waals surface area contributed by atoms with Crippen LogP contribution in [0.25, 0.3) is 0 Å². The summed E-state index contributed by atoms with van der Waals surface area (Å²) in [5.74, 6) is 0.166. The minimum absolute atomic E-state index is 0.0222. The van der Waals surface area contributed by atoms with E-state index in [0.29, 0.717) is 18.8 Å². The van der Waals surface area contributed by atoms with Gasteiger partial charge in [-0.25, -0.2) is 0 Å². The van der Waals surface area contributed by atoms with Crippen molar-refractivity contribution in [3.05, 3.63) is 0 Å². The highest BCUT2D eigenvalue weighted by Gasteiger charge is 2.19. The maximum Gasteiger partial charge on any atom is 0.224 e. The van der Waals surface area contributed by atoms with Crippen molar-refractivity contribution in [3.8, 4) is 0 Å². The predicted molar refractivity (Wildman–Crippen MR) is 58.4 cm³/mol. The van der Waals surface area contributed by atoms with Gasteiger partial charge in [0, 0.05) is 24.9 Å². The Hall–Kier alpha value is -0.280. The Balaban J connectivity index is 3.87. The van der Waals surface area contributed by atoms with E-state index in [-0.39, 0.29) is 23.8 Å². The van der Waals surface area contributed by atoms with Crippen LogP contribution in [-0.2, 0) is 4.79 Å². The largest absolute Gasteiger partial charge is 0.396 e. The molecular formula is C10H20ClNO2. The molecule has 0 radical (unpaired) electrons. The molecule has 0 heterocycles. The zero-order valence-corrected chi connectivity index (χ0v) is 9.90. The van der Waals surface area contributed by atoms with Gasteiger partial charge in [-0.05, 0) is 11.8 Å². The van der Waals surface area contributed by atoms with Gasteiger partial charge < -0.3 is 10.4 Å². The third-order valence-electron chi connectivity index (χ3n) is 2.21. The van der Waals surface area contributed by atoms with Crippen LogP contribution in [0.1, 0.15) is 27.2 Å². The number of aliphatic hydroxyl groups excluding tert-OH is 1. The number of hydrogen-bond donors (Lipinski definition) is 2. The van der Waals surface area contributed by atoms with Gasteiger partial charge in [0.25, 0.3) is 0 Å². The van der Waals surface area contributed by atoms with Crippen molar-refractivity contribution in [3.63, 3.8) is 0 Å². The highest BCUT2D eigenvalue weighted by Crippen LogP contribution is 2.18. The monoisotopic (exact) mass is 221 g/mol. The fraction of sp³-hybridized carbons (Fsp3) is 0.900. The van der Waals surface area contributed by atoms with E-state index in [2.05, 4.69) is 5.32 Å². The summed E-state index contributed by atoms with van der Waals surface area (Å²) in [5.41, 5.74) is -0.0591. The second-order valence-corrected chi connectivity index (χ2v) is 4.72. The number of alkyl halides is 1. The van der Waals surface area contributed by atoms with Gasteiger partial charge in [-0.1, -0.05) is 20.8 Å². The van der Waals surface area contributed by atoms with Crippen molar-refractivity contribution in [2.24, 2.45) is 11.3 Å². The molecule has 0 aliphatic heterocycles. The van der Waals surface area contributed by atoms with Gasteiger partial charge in [-0.3, -0.25) is 4.79 Å². The lowest BCUT2D eigenvalue weighted by atomic mass is 9.89. The highest BCUT2D eigenvalue weighted by atomic mass is 35.5. The minimum Gasteiger partial charge on any atom is -0.396 e. The normalized spacial score (nSPS) is 13.8. The van der Waals surface area contributed by atoms with Gasteiger partial charge in [-0.2, -0.15) is 0 Å². The summed E-state index contributed by atoms with van der Waals surface area (Å²) >= 11 is 5.56. The van der Waals surface area contributed by atoms with Crippen LogP contribution in [0, 0.1) is 11.3 Å². The predicted octanol–water partition coefficient (Wildman–Crippen LogP) is 1.39. The summed E-state index contributed by atoms with van der Waals surface area (Å²) < 4.78 is 0. The Morgan fingerprint density at radius 2 is 2.14 bits per heavy atom. The van der Waals surface area contributed by atoms with Crippen LogP contribution in [0.3, 0.4) is 0 Å². The van der Waals surface area contributed by atoms with Crippen LogP contribution in [0.15, 0.2) is 0 Å². The van der Waals surface area contributed by atoms with Crippen molar-refractivity contribution < 1.29 is 9.90 Å². The number of aliphatic hydroxyl groups is 1. The topological polar surface area (TPSA) is 49.3 Å². The lowest BCUT2D eigenvalue weighted by Gasteiger charge is -2.24. The molecule has 0 saturated heterocycles. The molecule has 0 aliphatic rings. The van der Waals surface area contributed by atoms with Crippen molar-refractivity contribution in [2.45, 2.75) is 27.2 Å². The first kappa shape index (κ1) is 13.7. The molecule has 3 nitrogen and oxygen atoms in total. The average Bonchev–Trinajstić information content (AvgIpc) is 2.13. The maximum atomic E-state index is 11.4. The molecule has 0 aromatic carbocycles. The van der Waals surface area contributed by atoms with Gasteiger partial charge in [0.05, 0.1) is 0 Å². The standard InChI is InChI=1S/C10H20ClNO2/c1-8(6-11)9(14)12-7-10(2,3)4-5-13/h8,13H,4-7H2,1-3H3,(H,12,14). The third kappa shape index (κ3) is 5.45. The molecule has 0 fully saturated rings. The number of carbonyl (C=O) groups excluding carboxylic acids is 1. The molecule has 1 amide bonds. The Morgan fingerprint density at radius 1 is 1.57 bits per heavy atom. The van der Waals surface area contributed by atoms with Crippen LogP contribution >= 0.6 is 11.6 Å². The molecule has 1 atom stereocenters. The third-order valence-corrected chi connectivity index (χ3v) is 2.67. The first-order valence-electron chi connectivity index (χ1n) is 4.87. The second-order valence-electron chi connectivity index (χ2n) is 4.41. The van der Waals surface area contributed by atoms with Crippen LogP contribution in [0.5, 0.6) is 0 Å². The lowest BCUT2D eigenvalue weighted by Crippen LogP contribution is -2.37. The molecule has 4 heteroatoms. The highest BCUT2D eigenvalue weighted by molar-refractivity contribution is 6.19.